The molecule has 0 saturated heterocycles. The number of fused-ring (bicyclic) bond motifs is 1. The summed E-state index contributed by atoms with van der Waals surface area (Å²) in [6.07, 6.45) is 0. The third-order valence-electron chi connectivity index (χ3n) is 3.44. The first kappa shape index (κ1) is 17.8. The fourth-order valence-corrected chi connectivity index (χ4v) is 3.91. The standard InChI is InChI=1S/C16H12Cl2N2O4S/c1-9-4-2-3-5-14(9)25(22,23)20-19-16(21)13-7-10-6-11(17)8-12(18)15(10)24-13/h2-8,20H,1H3,(H,19,21). The van der Waals surface area contributed by atoms with E-state index in [0.717, 1.165) is 0 Å². The van der Waals surface area contributed by atoms with Crippen LogP contribution in [0.3, 0.4) is 0 Å². The highest BCUT2D eigenvalue weighted by Gasteiger charge is 2.20. The summed E-state index contributed by atoms with van der Waals surface area (Å²) in [7, 11) is -3.91. The van der Waals surface area contributed by atoms with Crippen LogP contribution in [-0.4, -0.2) is 14.3 Å². The van der Waals surface area contributed by atoms with E-state index < -0.39 is 15.9 Å². The maximum Gasteiger partial charge on any atom is 0.301 e. The van der Waals surface area contributed by atoms with Gasteiger partial charge in [-0.2, -0.15) is 0 Å². The average molecular weight is 399 g/mol. The third kappa shape index (κ3) is 3.64. The Hall–Kier alpha value is -2.06. The summed E-state index contributed by atoms with van der Waals surface area (Å²) in [5.74, 6) is -0.868. The number of nitrogens with one attached hydrogen (secondary N) is 2. The van der Waals surface area contributed by atoms with Gasteiger partial charge in [-0.05, 0) is 36.8 Å². The Balaban J connectivity index is 1.81. The van der Waals surface area contributed by atoms with Gasteiger partial charge in [-0.1, -0.05) is 41.4 Å². The Morgan fingerprint density at radius 3 is 2.56 bits per heavy atom. The molecule has 0 spiro atoms. The molecule has 6 nitrogen and oxygen atoms in total. The molecule has 0 saturated carbocycles. The molecule has 25 heavy (non-hydrogen) atoms. The second-order valence-corrected chi connectivity index (χ2v) is 7.74. The lowest BCUT2D eigenvalue weighted by Crippen LogP contribution is -2.41. The fraction of sp³-hybridized carbons (Fsp3) is 0.0625. The zero-order valence-electron chi connectivity index (χ0n) is 12.8. The molecule has 3 rings (SSSR count). The van der Waals surface area contributed by atoms with E-state index in [1.165, 1.54) is 18.2 Å². The van der Waals surface area contributed by atoms with Gasteiger partial charge in [-0.15, -0.1) is 4.83 Å². The van der Waals surface area contributed by atoms with E-state index in [1.807, 2.05) is 4.83 Å². The quantitative estimate of drug-likeness (QED) is 0.656. The van der Waals surface area contributed by atoms with Crippen molar-refractivity contribution in [3.63, 3.8) is 0 Å². The molecular weight excluding hydrogens is 387 g/mol. The van der Waals surface area contributed by atoms with E-state index in [9.17, 15) is 13.2 Å². The number of rotatable bonds is 4. The number of benzene rings is 2. The summed E-state index contributed by atoms with van der Waals surface area (Å²) in [6.45, 7) is 1.65. The van der Waals surface area contributed by atoms with E-state index in [0.29, 0.717) is 16.0 Å². The highest BCUT2D eigenvalue weighted by Crippen LogP contribution is 2.30. The largest absolute Gasteiger partial charge is 0.449 e. The van der Waals surface area contributed by atoms with Crippen LogP contribution in [0, 0.1) is 6.92 Å². The molecule has 0 radical (unpaired) electrons. The number of furan rings is 1. The number of carbonyl (C=O) groups is 1. The van der Waals surface area contributed by atoms with Crippen molar-refractivity contribution in [2.45, 2.75) is 11.8 Å². The van der Waals surface area contributed by atoms with Gasteiger partial charge in [0.05, 0.1) is 9.92 Å². The second kappa shape index (κ2) is 6.68. The van der Waals surface area contributed by atoms with Crippen LogP contribution < -0.4 is 10.3 Å². The number of hydrogen-bond donors (Lipinski definition) is 2. The topological polar surface area (TPSA) is 88.4 Å². The van der Waals surface area contributed by atoms with Gasteiger partial charge in [-0.3, -0.25) is 10.2 Å². The molecule has 2 N–H and O–H groups in total. The Morgan fingerprint density at radius 2 is 1.84 bits per heavy atom. The van der Waals surface area contributed by atoms with Crippen molar-refractivity contribution in [3.05, 3.63) is 63.8 Å². The van der Waals surface area contributed by atoms with Gasteiger partial charge >= 0.3 is 5.91 Å². The summed E-state index contributed by atoms with van der Waals surface area (Å²) >= 11 is 11.9. The summed E-state index contributed by atoms with van der Waals surface area (Å²) in [5, 5.41) is 1.18. The number of halogens is 2. The minimum absolute atomic E-state index is 0.0646. The van der Waals surface area contributed by atoms with Crippen LogP contribution in [0.25, 0.3) is 11.0 Å². The van der Waals surface area contributed by atoms with Crippen molar-refractivity contribution in [2.24, 2.45) is 0 Å². The molecule has 3 aromatic rings. The van der Waals surface area contributed by atoms with Crippen molar-refractivity contribution >= 4 is 50.1 Å². The van der Waals surface area contributed by atoms with Gasteiger partial charge < -0.3 is 4.42 Å². The van der Waals surface area contributed by atoms with Crippen LogP contribution in [0.15, 0.2) is 51.8 Å². The lowest BCUT2D eigenvalue weighted by atomic mass is 10.2. The summed E-state index contributed by atoms with van der Waals surface area (Å²) < 4.78 is 29.9. The monoisotopic (exact) mass is 398 g/mol. The Morgan fingerprint density at radius 1 is 1.12 bits per heavy atom. The second-order valence-electron chi connectivity index (χ2n) is 5.24. The van der Waals surface area contributed by atoms with Crippen LogP contribution in [-0.2, 0) is 10.0 Å². The van der Waals surface area contributed by atoms with Crippen LogP contribution >= 0.6 is 23.2 Å². The molecule has 1 aromatic heterocycles. The van der Waals surface area contributed by atoms with E-state index in [-0.39, 0.29) is 21.3 Å². The smallest absolute Gasteiger partial charge is 0.301 e. The Bertz CT molecular complexity index is 1080. The molecule has 9 heteroatoms. The van der Waals surface area contributed by atoms with Gasteiger partial charge in [-0.25, -0.2) is 8.42 Å². The molecule has 0 bridgehead atoms. The molecule has 1 amide bonds. The molecule has 2 aromatic carbocycles. The molecule has 0 aliphatic heterocycles. The minimum Gasteiger partial charge on any atom is -0.449 e. The maximum atomic E-state index is 12.3. The lowest BCUT2D eigenvalue weighted by Gasteiger charge is -2.09. The van der Waals surface area contributed by atoms with Gasteiger partial charge in [0.1, 0.15) is 0 Å². The van der Waals surface area contributed by atoms with Crippen molar-refractivity contribution in [2.75, 3.05) is 0 Å². The molecule has 130 valence electrons. The minimum atomic E-state index is -3.91. The zero-order chi connectivity index (χ0) is 18.2. The maximum absolute atomic E-state index is 12.3. The molecule has 1 heterocycles. The number of hydrogen-bond acceptors (Lipinski definition) is 4. The van der Waals surface area contributed by atoms with Gasteiger partial charge in [0, 0.05) is 10.4 Å². The molecule has 0 aliphatic rings. The zero-order valence-corrected chi connectivity index (χ0v) is 15.2. The first-order valence-electron chi connectivity index (χ1n) is 7.04. The van der Waals surface area contributed by atoms with E-state index >= 15 is 0 Å². The Kier molecular flexibility index (Phi) is 4.75. The van der Waals surface area contributed by atoms with Gasteiger partial charge in [0.25, 0.3) is 10.0 Å². The molecule has 0 atom stereocenters. The van der Waals surface area contributed by atoms with Crippen molar-refractivity contribution in [3.8, 4) is 0 Å². The average Bonchev–Trinajstić information content (AvgIpc) is 2.97. The summed E-state index contributed by atoms with van der Waals surface area (Å²) in [4.78, 5) is 14.3. The number of carbonyl (C=O) groups excluding carboxylic acids is 1. The molecular formula is C16H12Cl2N2O4S. The molecule has 0 aliphatic carbocycles. The highest BCUT2D eigenvalue weighted by molar-refractivity contribution is 7.89. The van der Waals surface area contributed by atoms with Crippen LogP contribution in [0.1, 0.15) is 16.1 Å². The van der Waals surface area contributed by atoms with Gasteiger partial charge in [0.2, 0.25) is 0 Å². The van der Waals surface area contributed by atoms with Crippen LogP contribution in [0.5, 0.6) is 0 Å². The fourth-order valence-electron chi connectivity index (χ4n) is 2.28. The molecule has 0 unspecified atom stereocenters. The number of sulfonamides is 1. The first-order chi connectivity index (χ1) is 11.8. The van der Waals surface area contributed by atoms with E-state index in [1.54, 1.807) is 31.2 Å². The number of aryl methyl sites for hydroxylation is 1. The summed E-state index contributed by atoms with van der Waals surface area (Å²) in [6, 6.07) is 10.9. The van der Waals surface area contributed by atoms with Crippen molar-refractivity contribution in [1.82, 2.24) is 10.3 Å². The highest BCUT2D eigenvalue weighted by atomic mass is 35.5. The van der Waals surface area contributed by atoms with E-state index in [2.05, 4.69) is 5.43 Å². The first-order valence-corrected chi connectivity index (χ1v) is 9.28. The van der Waals surface area contributed by atoms with Crippen molar-refractivity contribution in [1.29, 1.82) is 0 Å². The third-order valence-corrected chi connectivity index (χ3v) is 5.35. The molecule has 0 fully saturated rings. The van der Waals surface area contributed by atoms with Crippen LogP contribution in [0.2, 0.25) is 10.0 Å². The number of hydrazine groups is 1. The Labute approximate surface area is 153 Å². The van der Waals surface area contributed by atoms with E-state index in [4.69, 9.17) is 27.6 Å². The van der Waals surface area contributed by atoms with Crippen LogP contribution in [0.4, 0.5) is 0 Å². The predicted molar refractivity (Wildman–Crippen MR) is 95.2 cm³/mol. The predicted octanol–water partition coefficient (Wildman–Crippen LogP) is 3.67. The van der Waals surface area contributed by atoms with Crippen molar-refractivity contribution < 1.29 is 17.6 Å². The lowest BCUT2D eigenvalue weighted by molar-refractivity contribution is 0.0919. The number of amides is 1. The summed E-state index contributed by atoms with van der Waals surface area (Å²) in [5.41, 5.74) is 2.95. The SMILES string of the molecule is Cc1ccccc1S(=O)(=O)NNC(=O)c1cc2cc(Cl)cc(Cl)c2o1. The normalized spacial score (nSPS) is 11.6. The van der Waals surface area contributed by atoms with Gasteiger partial charge in [0.15, 0.2) is 11.3 Å².